The summed E-state index contributed by atoms with van der Waals surface area (Å²) in [6.07, 6.45) is 3.39. The molecule has 14 heteroatoms. The summed E-state index contributed by atoms with van der Waals surface area (Å²) >= 11 is 0. The molecule has 6 atom stereocenters. The quantitative estimate of drug-likeness (QED) is 0.172. The summed E-state index contributed by atoms with van der Waals surface area (Å²) < 4.78 is 64.1. The lowest BCUT2D eigenvalue weighted by Gasteiger charge is -2.31. The molecule has 0 N–H and O–H groups in total. The highest BCUT2D eigenvalue weighted by Crippen LogP contribution is 2.62. The SMILES string of the molecule is N#[N+]c1ccc2c(S(=O)(=O)OCC3CC4C5CC(COS(=O)(=O)c6cccc7c([O-])c([N+]#N)ccc67)C(C5)C4C3)cccc2c1[O-]. The molecule has 0 radical (unpaired) electrons. The van der Waals surface area contributed by atoms with Crippen molar-refractivity contribution in [2.45, 2.75) is 35.5 Å². The Morgan fingerprint density at radius 3 is 1.70 bits per heavy atom. The third-order valence-electron chi connectivity index (χ3n) is 10.3. The van der Waals surface area contributed by atoms with Crippen LogP contribution in [0.4, 0.5) is 11.4 Å². The van der Waals surface area contributed by atoms with Crippen molar-refractivity contribution in [1.29, 1.82) is 10.8 Å². The molecule has 236 valence electrons. The van der Waals surface area contributed by atoms with E-state index in [0.29, 0.717) is 17.8 Å². The van der Waals surface area contributed by atoms with Crippen LogP contribution in [-0.2, 0) is 28.6 Å². The summed E-state index contributed by atoms with van der Waals surface area (Å²) in [6.45, 7) is 0.0179. The van der Waals surface area contributed by atoms with Crippen LogP contribution in [0.15, 0.2) is 70.5 Å². The molecule has 4 aromatic carbocycles. The number of fused-ring (bicyclic) bond motifs is 7. The number of diazo groups is 2. The Hall–Kier alpha value is -4.34. The first-order valence-corrected chi connectivity index (χ1v) is 17.8. The van der Waals surface area contributed by atoms with E-state index in [1.54, 1.807) is 0 Å². The molecule has 0 saturated heterocycles. The van der Waals surface area contributed by atoms with E-state index in [1.165, 1.54) is 60.7 Å². The Kier molecular flexibility index (Phi) is 7.36. The molecule has 0 heterocycles. The topological polar surface area (TPSA) is 189 Å². The summed E-state index contributed by atoms with van der Waals surface area (Å²) in [5.41, 5.74) is -0.366. The van der Waals surface area contributed by atoms with Gasteiger partial charge in [0.2, 0.25) is 10.8 Å². The largest absolute Gasteiger partial charge is 0.867 e. The van der Waals surface area contributed by atoms with Crippen LogP contribution in [0.25, 0.3) is 31.5 Å². The van der Waals surface area contributed by atoms with Crippen LogP contribution in [0, 0.1) is 46.3 Å². The van der Waals surface area contributed by atoms with Gasteiger partial charge in [0, 0.05) is 22.9 Å². The van der Waals surface area contributed by atoms with Gasteiger partial charge in [0.1, 0.15) is 9.79 Å². The van der Waals surface area contributed by atoms with Crippen molar-refractivity contribution in [3.63, 3.8) is 0 Å². The van der Waals surface area contributed by atoms with Gasteiger partial charge in [-0.2, -0.15) is 16.8 Å². The molecule has 3 aliphatic carbocycles. The fraction of sp³-hybridized carbons (Fsp3) is 0.375. The molecule has 7 rings (SSSR count). The van der Waals surface area contributed by atoms with E-state index in [2.05, 4.69) is 9.95 Å². The van der Waals surface area contributed by atoms with Crippen molar-refractivity contribution >= 4 is 53.2 Å². The zero-order valence-corrected chi connectivity index (χ0v) is 26.0. The Morgan fingerprint density at radius 2 is 1.15 bits per heavy atom. The van der Waals surface area contributed by atoms with Gasteiger partial charge in [0.25, 0.3) is 20.2 Å². The number of hydrogen-bond acceptors (Lipinski definition) is 10. The first-order chi connectivity index (χ1) is 22.0. The molecule has 12 nitrogen and oxygen atoms in total. The van der Waals surface area contributed by atoms with E-state index in [0.717, 1.165) is 25.7 Å². The molecule has 3 fully saturated rings. The van der Waals surface area contributed by atoms with Gasteiger partial charge >= 0.3 is 11.4 Å². The van der Waals surface area contributed by atoms with Crippen LogP contribution < -0.4 is 10.2 Å². The Bertz CT molecular complexity index is 2210. The molecule has 2 bridgehead atoms. The van der Waals surface area contributed by atoms with E-state index in [9.17, 15) is 27.0 Å². The van der Waals surface area contributed by atoms with Gasteiger partial charge in [-0.1, -0.05) is 24.3 Å². The minimum atomic E-state index is -4.19. The van der Waals surface area contributed by atoms with Crippen LogP contribution >= 0.6 is 0 Å². The Labute approximate surface area is 265 Å². The van der Waals surface area contributed by atoms with Gasteiger partial charge < -0.3 is 10.2 Å². The van der Waals surface area contributed by atoms with Crippen LogP contribution in [0.3, 0.4) is 0 Å². The van der Waals surface area contributed by atoms with Crippen LogP contribution in [0.1, 0.15) is 25.7 Å². The lowest BCUT2D eigenvalue weighted by atomic mass is 9.76. The van der Waals surface area contributed by atoms with E-state index >= 15 is 0 Å². The molecule has 3 aliphatic rings. The molecule has 3 saturated carbocycles. The summed E-state index contributed by atoms with van der Waals surface area (Å²) in [4.78, 5) is 5.68. The molecule has 0 aromatic heterocycles. The predicted octanol–water partition coefficient (Wildman–Crippen LogP) is 5.52. The zero-order chi connectivity index (χ0) is 32.4. The molecule has 0 amide bonds. The second-order valence-corrected chi connectivity index (χ2v) is 15.7. The standard InChI is InChI=1S/C32H28N4O8S2/c33-35-27-9-7-20-22(31(27)37)3-1-5-29(20)45(39,40)43-15-17-11-24-18-13-19(25(14-18)26(24)12-17)16-44-46(41,42)30-6-2-4-23-21(30)8-10-28(36-34)32(23)38/h1-10,17-19,24-26H,11-16H2. The maximum absolute atomic E-state index is 13.3. The second-order valence-electron chi connectivity index (χ2n) is 12.5. The van der Waals surface area contributed by atoms with Gasteiger partial charge in [-0.3, -0.25) is 8.37 Å². The van der Waals surface area contributed by atoms with Crippen LogP contribution in [0.5, 0.6) is 11.5 Å². The van der Waals surface area contributed by atoms with Crippen molar-refractivity contribution in [1.82, 2.24) is 0 Å². The third kappa shape index (κ3) is 4.93. The van der Waals surface area contributed by atoms with Crippen molar-refractivity contribution in [3.8, 4) is 11.5 Å². The molecular weight excluding hydrogens is 633 g/mol. The van der Waals surface area contributed by atoms with Crippen LogP contribution in [-0.4, -0.2) is 30.0 Å². The van der Waals surface area contributed by atoms with Crippen molar-refractivity contribution in [3.05, 3.63) is 70.6 Å². The van der Waals surface area contributed by atoms with Crippen molar-refractivity contribution in [2.75, 3.05) is 13.2 Å². The first-order valence-electron chi connectivity index (χ1n) is 15.0. The minimum absolute atomic E-state index is 0.00303. The summed E-state index contributed by atoms with van der Waals surface area (Å²) in [6, 6.07) is 14.0. The first kappa shape index (κ1) is 30.3. The van der Waals surface area contributed by atoms with Crippen molar-refractivity contribution in [2.24, 2.45) is 35.5 Å². The molecule has 0 spiro atoms. The number of hydrogen-bond donors (Lipinski definition) is 0. The van der Waals surface area contributed by atoms with Crippen LogP contribution in [0.2, 0.25) is 0 Å². The number of nitrogens with zero attached hydrogens (tertiary/aromatic N) is 4. The lowest BCUT2D eigenvalue weighted by molar-refractivity contribution is -0.265. The van der Waals surface area contributed by atoms with Gasteiger partial charge in [-0.05, 0) is 108 Å². The lowest BCUT2D eigenvalue weighted by Crippen LogP contribution is -2.28. The maximum atomic E-state index is 13.3. The minimum Gasteiger partial charge on any atom is -0.867 e. The average molecular weight is 661 g/mol. The maximum Gasteiger partial charge on any atom is 0.378 e. The van der Waals surface area contributed by atoms with E-state index < -0.39 is 31.7 Å². The molecule has 6 unspecified atom stereocenters. The highest BCUT2D eigenvalue weighted by molar-refractivity contribution is 7.87. The van der Waals surface area contributed by atoms with Gasteiger partial charge in [0.15, 0.2) is 9.95 Å². The average Bonchev–Trinajstić information content (AvgIpc) is 3.76. The number of rotatable bonds is 8. The third-order valence-corrected chi connectivity index (χ3v) is 12.9. The Balaban J connectivity index is 1.01. The van der Waals surface area contributed by atoms with E-state index in [1.807, 2.05) is 0 Å². The van der Waals surface area contributed by atoms with E-state index in [4.69, 9.17) is 19.2 Å². The predicted molar refractivity (Wildman–Crippen MR) is 162 cm³/mol. The highest BCUT2D eigenvalue weighted by Gasteiger charge is 2.56. The smallest absolute Gasteiger partial charge is 0.378 e. The monoisotopic (exact) mass is 660 g/mol. The highest BCUT2D eigenvalue weighted by atomic mass is 32.2. The fourth-order valence-electron chi connectivity index (χ4n) is 8.32. The molecule has 46 heavy (non-hydrogen) atoms. The van der Waals surface area contributed by atoms with Crippen molar-refractivity contribution < 1.29 is 35.4 Å². The van der Waals surface area contributed by atoms with Gasteiger partial charge in [0.05, 0.1) is 13.2 Å². The summed E-state index contributed by atoms with van der Waals surface area (Å²) in [7, 11) is -8.38. The second kappa shape index (κ2) is 11.2. The zero-order valence-electron chi connectivity index (χ0n) is 24.4. The Morgan fingerprint density at radius 1 is 0.630 bits per heavy atom. The summed E-state index contributed by atoms with van der Waals surface area (Å²) in [5.74, 6) is 0.255. The summed E-state index contributed by atoms with van der Waals surface area (Å²) in [5, 5.41) is 43.8. The fourth-order valence-corrected chi connectivity index (χ4v) is 10.7. The number of benzene rings is 4. The molecule has 4 aromatic rings. The van der Waals surface area contributed by atoms with E-state index in [-0.39, 0.29) is 73.7 Å². The molecule has 0 aliphatic heterocycles. The normalized spacial score (nSPS) is 25.4. The van der Waals surface area contributed by atoms with Gasteiger partial charge in [-0.25, -0.2) is 0 Å². The molecular formula is C32H28N4O8S2. The van der Waals surface area contributed by atoms with Gasteiger partial charge in [-0.15, -0.1) is 0 Å².